The van der Waals surface area contributed by atoms with Crippen molar-refractivity contribution in [2.75, 3.05) is 13.2 Å². The van der Waals surface area contributed by atoms with Crippen LogP contribution in [-0.4, -0.2) is 25.3 Å². The van der Waals surface area contributed by atoms with Crippen LogP contribution in [0.1, 0.15) is 30.6 Å². The Morgan fingerprint density at radius 3 is 2.44 bits per heavy atom. The number of carbonyl (C=O) groups is 1. The van der Waals surface area contributed by atoms with Crippen LogP contribution in [0.5, 0.6) is 0 Å². The fourth-order valence-electron chi connectivity index (χ4n) is 1.48. The van der Waals surface area contributed by atoms with E-state index in [4.69, 9.17) is 21.1 Å². The van der Waals surface area contributed by atoms with E-state index in [1.807, 2.05) is 13.8 Å². The normalized spacial score (nSPS) is 10.9. The fourth-order valence-corrected chi connectivity index (χ4v) is 1.66. The number of hydrogen-bond donors (Lipinski definition) is 0. The average Bonchev–Trinajstić information content (AvgIpc) is 2.33. The average molecular weight is 275 g/mol. The molecule has 0 fully saturated rings. The molecule has 0 heterocycles. The Bertz CT molecular complexity index is 403. The molecule has 0 aliphatic heterocycles. The third-order valence-electron chi connectivity index (χ3n) is 2.30. The molecule has 1 aromatic carbocycles. The predicted molar refractivity (Wildman–Crippen MR) is 67.4 cm³/mol. The van der Waals surface area contributed by atoms with Crippen molar-refractivity contribution in [1.82, 2.24) is 0 Å². The summed E-state index contributed by atoms with van der Waals surface area (Å²) in [4.78, 5) is 11.9. The molecule has 0 aliphatic carbocycles. The van der Waals surface area contributed by atoms with Gasteiger partial charge in [0.2, 0.25) is 0 Å². The Morgan fingerprint density at radius 2 is 1.94 bits per heavy atom. The number of rotatable bonds is 7. The molecule has 0 aromatic heterocycles. The second-order valence-corrected chi connectivity index (χ2v) is 4.00. The minimum atomic E-state index is -0.573. The number of ether oxygens (including phenoxy) is 2. The van der Waals surface area contributed by atoms with Crippen molar-refractivity contribution < 1.29 is 18.7 Å². The maximum Gasteiger partial charge on any atom is 0.167 e. The van der Waals surface area contributed by atoms with Gasteiger partial charge in [0.15, 0.2) is 12.1 Å². The summed E-state index contributed by atoms with van der Waals surface area (Å²) in [5, 5.41) is -0.0646. The summed E-state index contributed by atoms with van der Waals surface area (Å²) in [6.45, 7) is 4.57. The van der Waals surface area contributed by atoms with Crippen LogP contribution in [0.4, 0.5) is 4.39 Å². The molecular weight excluding hydrogens is 259 g/mol. The van der Waals surface area contributed by atoms with Crippen LogP contribution in [0.2, 0.25) is 5.02 Å². The lowest BCUT2D eigenvalue weighted by Gasteiger charge is -2.16. The molecular formula is C13H16ClFO3. The Labute approximate surface area is 111 Å². The van der Waals surface area contributed by atoms with Gasteiger partial charge in [-0.15, -0.1) is 0 Å². The van der Waals surface area contributed by atoms with Gasteiger partial charge in [-0.25, -0.2) is 4.39 Å². The molecule has 0 amide bonds. The number of halogens is 2. The molecule has 0 spiro atoms. The fraction of sp³-hybridized carbons (Fsp3) is 0.462. The van der Waals surface area contributed by atoms with E-state index in [0.717, 1.165) is 0 Å². The summed E-state index contributed by atoms with van der Waals surface area (Å²) in [5.41, 5.74) is 0.353. The molecule has 1 rings (SSSR count). The first-order chi connectivity index (χ1) is 8.58. The highest BCUT2D eigenvalue weighted by molar-refractivity contribution is 6.31. The zero-order valence-electron chi connectivity index (χ0n) is 10.4. The number of carbonyl (C=O) groups excluding carboxylic acids is 1. The van der Waals surface area contributed by atoms with Gasteiger partial charge in [0, 0.05) is 18.8 Å². The van der Waals surface area contributed by atoms with Gasteiger partial charge in [-0.1, -0.05) is 11.6 Å². The van der Waals surface area contributed by atoms with Gasteiger partial charge >= 0.3 is 0 Å². The topological polar surface area (TPSA) is 35.5 Å². The molecule has 1 aromatic rings. The number of Topliss-reactive ketones (excluding diaryl/α,β-unsaturated/α-hetero) is 1. The standard InChI is InChI=1S/C13H16ClFO3/c1-3-17-13(18-4-2)8-12(16)9-5-6-11(15)10(14)7-9/h5-7,13H,3-4,8H2,1-2H3. The van der Waals surface area contributed by atoms with E-state index in [2.05, 4.69) is 0 Å². The third-order valence-corrected chi connectivity index (χ3v) is 2.59. The summed E-state index contributed by atoms with van der Waals surface area (Å²) >= 11 is 5.63. The van der Waals surface area contributed by atoms with Crippen molar-refractivity contribution in [2.24, 2.45) is 0 Å². The van der Waals surface area contributed by atoms with Crippen molar-refractivity contribution in [3.8, 4) is 0 Å². The second-order valence-electron chi connectivity index (χ2n) is 3.60. The number of ketones is 1. The second kappa shape index (κ2) is 7.46. The molecule has 5 heteroatoms. The minimum Gasteiger partial charge on any atom is -0.352 e. The monoisotopic (exact) mass is 274 g/mol. The SMILES string of the molecule is CCOC(CC(=O)c1ccc(F)c(Cl)c1)OCC. The van der Waals surface area contributed by atoms with Crippen LogP contribution in [0.3, 0.4) is 0 Å². The quantitative estimate of drug-likeness (QED) is 0.564. The Balaban J connectivity index is 2.70. The summed E-state index contributed by atoms with van der Waals surface area (Å²) in [7, 11) is 0. The molecule has 0 radical (unpaired) electrons. The van der Waals surface area contributed by atoms with Crippen molar-refractivity contribution >= 4 is 17.4 Å². The smallest absolute Gasteiger partial charge is 0.167 e. The molecule has 0 N–H and O–H groups in total. The largest absolute Gasteiger partial charge is 0.352 e. The van der Waals surface area contributed by atoms with Crippen molar-refractivity contribution in [3.63, 3.8) is 0 Å². The third kappa shape index (κ3) is 4.37. The van der Waals surface area contributed by atoms with Gasteiger partial charge in [0.05, 0.1) is 11.4 Å². The van der Waals surface area contributed by atoms with Gasteiger partial charge in [-0.3, -0.25) is 4.79 Å². The molecule has 100 valence electrons. The van der Waals surface area contributed by atoms with Gasteiger partial charge in [-0.2, -0.15) is 0 Å². The van der Waals surface area contributed by atoms with E-state index in [-0.39, 0.29) is 17.2 Å². The lowest BCUT2D eigenvalue weighted by Crippen LogP contribution is -2.21. The molecule has 0 atom stereocenters. The van der Waals surface area contributed by atoms with Gasteiger partial charge in [-0.05, 0) is 32.0 Å². The highest BCUT2D eigenvalue weighted by Gasteiger charge is 2.16. The number of benzene rings is 1. The van der Waals surface area contributed by atoms with E-state index in [1.165, 1.54) is 18.2 Å². The molecule has 0 saturated carbocycles. The van der Waals surface area contributed by atoms with E-state index in [1.54, 1.807) is 0 Å². The van der Waals surface area contributed by atoms with Crippen molar-refractivity contribution in [2.45, 2.75) is 26.6 Å². The lowest BCUT2D eigenvalue weighted by molar-refractivity contribution is -0.133. The van der Waals surface area contributed by atoms with Crippen LogP contribution < -0.4 is 0 Å². The number of hydrogen-bond acceptors (Lipinski definition) is 3. The van der Waals surface area contributed by atoms with Gasteiger partial charge in [0.25, 0.3) is 0 Å². The van der Waals surface area contributed by atoms with Gasteiger partial charge in [0.1, 0.15) is 5.82 Å². The first-order valence-corrected chi connectivity index (χ1v) is 6.17. The zero-order valence-corrected chi connectivity index (χ0v) is 11.2. The summed E-state index contributed by atoms with van der Waals surface area (Å²) in [6, 6.07) is 3.89. The first kappa shape index (κ1) is 15.1. The molecule has 0 saturated heterocycles. The molecule has 18 heavy (non-hydrogen) atoms. The van der Waals surface area contributed by atoms with Crippen LogP contribution in [-0.2, 0) is 9.47 Å². The van der Waals surface area contributed by atoms with Crippen molar-refractivity contribution in [1.29, 1.82) is 0 Å². The van der Waals surface area contributed by atoms with Crippen LogP contribution in [0, 0.1) is 5.82 Å². The maximum absolute atomic E-state index is 13.0. The highest BCUT2D eigenvalue weighted by Crippen LogP contribution is 2.18. The summed E-state index contributed by atoms with van der Waals surface area (Å²) < 4.78 is 23.5. The first-order valence-electron chi connectivity index (χ1n) is 5.79. The van der Waals surface area contributed by atoms with Crippen LogP contribution >= 0.6 is 11.6 Å². The molecule has 0 bridgehead atoms. The van der Waals surface area contributed by atoms with Crippen LogP contribution in [0.25, 0.3) is 0 Å². The van der Waals surface area contributed by atoms with Crippen LogP contribution in [0.15, 0.2) is 18.2 Å². The predicted octanol–water partition coefficient (Wildman–Crippen LogP) is 3.45. The van der Waals surface area contributed by atoms with E-state index in [9.17, 15) is 9.18 Å². The zero-order chi connectivity index (χ0) is 13.5. The maximum atomic E-state index is 13.0. The van der Waals surface area contributed by atoms with E-state index >= 15 is 0 Å². The highest BCUT2D eigenvalue weighted by atomic mass is 35.5. The van der Waals surface area contributed by atoms with E-state index in [0.29, 0.717) is 18.8 Å². The van der Waals surface area contributed by atoms with E-state index < -0.39 is 12.1 Å². The minimum absolute atomic E-state index is 0.0646. The molecule has 3 nitrogen and oxygen atoms in total. The van der Waals surface area contributed by atoms with Gasteiger partial charge < -0.3 is 9.47 Å². The summed E-state index contributed by atoms with van der Waals surface area (Å²) in [5.74, 6) is -0.733. The Kier molecular flexibility index (Phi) is 6.25. The summed E-state index contributed by atoms with van der Waals surface area (Å²) in [6.07, 6.45) is -0.486. The Morgan fingerprint density at radius 1 is 1.33 bits per heavy atom. The molecule has 0 aliphatic rings. The lowest BCUT2D eigenvalue weighted by atomic mass is 10.1. The molecule has 0 unspecified atom stereocenters. The van der Waals surface area contributed by atoms with Crippen molar-refractivity contribution in [3.05, 3.63) is 34.6 Å². The Hall–Kier alpha value is -0.970.